The predicted molar refractivity (Wildman–Crippen MR) is 92.4 cm³/mol. The molecular formula is C15H14F3N3O3S2. The van der Waals surface area contributed by atoms with Gasteiger partial charge in [0.2, 0.25) is 16.0 Å². The second-order valence-electron chi connectivity index (χ2n) is 5.53. The molecule has 1 aliphatic rings. The van der Waals surface area contributed by atoms with Gasteiger partial charge in [-0.1, -0.05) is 12.1 Å². The summed E-state index contributed by atoms with van der Waals surface area (Å²) in [6.07, 6.45) is -4.77. The van der Waals surface area contributed by atoms with Crippen LogP contribution in [0.4, 0.5) is 13.2 Å². The Balaban J connectivity index is 1.88. The molecule has 0 amide bonds. The number of ether oxygens (including phenoxy) is 1. The molecule has 0 saturated carbocycles. The average molecular weight is 405 g/mol. The first-order valence-corrected chi connectivity index (χ1v) is 9.73. The summed E-state index contributed by atoms with van der Waals surface area (Å²) in [6, 6.07) is 8.31. The molecule has 0 radical (unpaired) electrons. The highest BCUT2D eigenvalue weighted by atomic mass is 32.2. The molecule has 26 heavy (non-hydrogen) atoms. The Hall–Kier alpha value is -2.27. The Morgan fingerprint density at radius 1 is 1.31 bits per heavy atom. The number of nitrogens with two attached hydrogens (primary N) is 1. The summed E-state index contributed by atoms with van der Waals surface area (Å²) >= 11 is 1.24. The van der Waals surface area contributed by atoms with E-state index in [0.29, 0.717) is 15.3 Å². The standard InChI is InChI=1S/C15H14F3N3O3S2/c1-21-14(19)20-11(8-26(21,22)23)13-6-5-12(25-13)9-3-2-4-10(7-9)24-15(16,17)18/h2-7,11H,8H2,1H3,(H2,19,20)/t11-/m0/s1. The summed E-state index contributed by atoms with van der Waals surface area (Å²) in [5.74, 6) is -0.646. The molecular weight excluding hydrogens is 391 g/mol. The molecule has 2 aromatic rings. The third kappa shape index (κ3) is 3.93. The van der Waals surface area contributed by atoms with Gasteiger partial charge in [0.25, 0.3) is 0 Å². The van der Waals surface area contributed by atoms with Crippen LogP contribution in [0.15, 0.2) is 41.4 Å². The second-order valence-corrected chi connectivity index (χ2v) is 8.69. The van der Waals surface area contributed by atoms with Crippen molar-refractivity contribution in [2.24, 2.45) is 10.7 Å². The van der Waals surface area contributed by atoms with Gasteiger partial charge in [-0.15, -0.1) is 24.5 Å². The van der Waals surface area contributed by atoms with E-state index in [0.717, 1.165) is 4.31 Å². The number of guanidine groups is 1. The molecule has 1 aliphatic heterocycles. The molecule has 0 bridgehead atoms. The van der Waals surface area contributed by atoms with Crippen LogP contribution in [-0.2, 0) is 10.0 Å². The van der Waals surface area contributed by atoms with Crippen LogP contribution < -0.4 is 10.5 Å². The summed E-state index contributed by atoms with van der Waals surface area (Å²) in [5.41, 5.74) is 6.18. The van der Waals surface area contributed by atoms with Crippen molar-refractivity contribution in [1.29, 1.82) is 0 Å². The Labute approximate surface area is 151 Å². The van der Waals surface area contributed by atoms with Crippen molar-refractivity contribution in [2.45, 2.75) is 12.4 Å². The number of hydrogen-bond donors (Lipinski definition) is 1. The minimum absolute atomic E-state index is 0.100. The number of thiophene rings is 1. The highest BCUT2D eigenvalue weighted by Crippen LogP contribution is 2.36. The number of benzene rings is 1. The molecule has 11 heteroatoms. The Kier molecular flexibility index (Phi) is 4.61. The number of alkyl halides is 3. The lowest BCUT2D eigenvalue weighted by atomic mass is 10.2. The highest BCUT2D eigenvalue weighted by molar-refractivity contribution is 7.89. The first-order valence-electron chi connectivity index (χ1n) is 7.31. The zero-order valence-corrected chi connectivity index (χ0v) is 15.0. The molecule has 6 nitrogen and oxygen atoms in total. The monoisotopic (exact) mass is 405 g/mol. The molecule has 0 aliphatic carbocycles. The highest BCUT2D eigenvalue weighted by Gasteiger charge is 2.32. The lowest BCUT2D eigenvalue weighted by Crippen LogP contribution is -2.44. The summed E-state index contributed by atoms with van der Waals surface area (Å²) in [5, 5.41) is 0. The lowest BCUT2D eigenvalue weighted by Gasteiger charge is -2.26. The van der Waals surface area contributed by atoms with E-state index < -0.39 is 22.4 Å². The number of hydrogen-bond acceptors (Lipinski definition) is 6. The first-order chi connectivity index (χ1) is 12.0. The molecule has 0 saturated heterocycles. The maximum absolute atomic E-state index is 12.4. The van der Waals surface area contributed by atoms with Gasteiger partial charge < -0.3 is 10.5 Å². The van der Waals surface area contributed by atoms with Gasteiger partial charge >= 0.3 is 6.36 Å². The van der Waals surface area contributed by atoms with Gasteiger partial charge in [-0.25, -0.2) is 17.7 Å². The fraction of sp³-hybridized carbons (Fsp3) is 0.267. The van der Waals surface area contributed by atoms with Gasteiger partial charge in [0, 0.05) is 16.8 Å². The van der Waals surface area contributed by atoms with Gasteiger partial charge in [0.05, 0.1) is 5.75 Å². The maximum atomic E-state index is 12.4. The van der Waals surface area contributed by atoms with Crippen molar-refractivity contribution in [3.05, 3.63) is 41.3 Å². The third-order valence-corrected chi connectivity index (χ3v) is 6.70. The number of rotatable bonds is 3. The van der Waals surface area contributed by atoms with Crippen molar-refractivity contribution in [3.63, 3.8) is 0 Å². The average Bonchev–Trinajstić information content (AvgIpc) is 3.00. The van der Waals surface area contributed by atoms with Gasteiger partial charge in [0.15, 0.2) is 0 Å². The van der Waals surface area contributed by atoms with Crippen LogP contribution >= 0.6 is 11.3 Å². The summed E-state index contributed by atoms with van der Waals surface area (Å²) < 4.78 is 66.1. The van der Waals surface area contributed by atoms with Crippen LogP contribution in [0.1, 0.15) is 10.9 Å². The van der Waals surface area contributed by atoms with E-state index in [4.69, 9.17) is 5.73 Å². The van der Waals surface area contributed by atoms with Gasteiger partial charge in [0.1, 0.15) is 11.8 Å². The van der Waals surface area contributed by atoms with Crippen molar-refractivity contribution in [2.75, 3.05) is 12.8 Å². The van der Waals surface area contributed by atoms with E-state index in [1.807, 2.05) is 0 Å². The van der Waals surface area contributed by atoms with E-state index in [1.54, 1.807) is 18.2 Å². The number of nitrogens with zero attached hydrogens (tertiary/aromatic N) is 2. The molecule has 1 aromatic carbocycles. The minimum Gasteiger partial charge on any atom is -0.406 e. The van der Waals surface area contributed by atoms with Crippen molar-refractivity contribution < 1.29 is 26.3 Å². The van der Waals surface area contributed by atoms with Crippen molar-refractivity contribution >= 4 is 27.3 Å². The fourth-order valence-corrected chi connectivity index (χ4v) is 4.77. The number of sulfonamides is 1. The minimum atomic E-state index is -4.77. The first kappa shape index (κ1) is 18.5. The number of halogens is 3. The fourth-order valence-electron chi connectivity index (χ4n) is 2.41. The maximum Gasteiger partial charge on any atom is 0.573 e. The summed E-state index contributed by atoms with van der Waals surface area (Å²) in [6.45, 7) is 0. The third-order valence-electron chi connectivity index (χ3n) is 3.70. The van der Waals surface area contributed by atoms with Gasteiger partial charge in [-0.3, -0.25) is 0 Å². The molecule has 2 N–H and O–H groups in total. The molecule has 0 fully saturated rings. The second kappa shape index (κ2) is 6.47. The van der Waals surface area contributed by atoms with Crippen LogP contribution in [0.2, 0.25) is 0 Å². The Bertz CT molecular complexity index is 954. The Morgan fingerprint density at radius 3 is 2.69 bits per heavy atom. The predicted octanol–water partition coefficient (Wildman–Crippen LogP) is 2.94. The molecule has 0 spiro atoms. The van der Waals surface area contributed by atoms with Crippen LogP contribution in [0.5, 0.6) is 5.75 Å². The summed E-state index contributed by atoms with van der Waals surface area (Å²) in [4.78, 5) is 5.50. The van der Waals surface area contributed by atoms with Gasteiger partial charge in [-0.05, 0) is 29.8 Å². The van der Waals surface area contributed by atoms with Gasteiger partial charge in [-0.2, -0.15) is 0 Å². The van der Waals surface area contributed by atoms with Crippen LogP contribution in [0, 0.1) is 0 Å². The normalized spacial score (nSPS) is 19.9. The molecule has 0 unspecified atom stereocenters. The zero-order valence-electron chi connectivity index (χ0n) is 13.4. The smallest absolute Gasteiger partial charge is 0.406 e. The molecule has 3 rings (SSSR count). The SMILES string of the molecule is CN1C(N)=N[C@H](c2ccc(-c3cccc(OC(F)(F)F)c3)s2)CS1(=O)=O. The van der Waals surface area contributed by atoms with Crippen molar-refractivity contribution in [3.8, 4) is 16.2 Å². The molecule has 1 atom stereocenters. The molecule has 2 heterocycles. The van der Waals surface area contributed by atoms with E-state index >= 15 is 0 Å². The van der Waals surface area contributed by atoms with E-state index in [1.165, 1.54) is 36.6 Å². The lowest BCUT2D eigenvalue weighted by molar-refractivity contribution is -0.274. The summed E-state index contributed by atoms with van der Waals surface area (Å²) in [7, 11) is -2.22. The topological polar surface area (TPSA) is 85.0 Å². The van der Waals surface area contributed by atoms with E-state index in [-0.39, 0.29) is 17.5 Å². The Morgan fingerprint density at radius 2 is 2.04 bits per heavy atom. The van der Waals surface area contributed by atoms with Crippen LogP contribution in [0.3, 0.4) is 0 Å². The van der Waals surface area contributed by atoms with E-state index in [2.05, 4.69) is 9.73 Å². The largest absolute Gasteiger partial charge is 0.573 e. The molecule has 140 valence electrons. The number of aliphatic imine (C=N–C) groups is 1. The van der Waals surface area contributed by atoms with Crippen LogP contribution in [0.25, 0.3) is 10.4 Å². The van der Waals surface area contributed by atoms with E-state index in [9.17, 15) is 21.6 Å². The van der Waals surface area contributed by atoms with Crippen LogP contribution in [-0.4, -0.2) is 37.8 Å². The zero-order chi connectivity index (χ0) is 19.1. The molecule has 1 aromatic heterocycles. The van der Waals surface area contributed by atoms with Crippen molar-refractivity contribution in [1.82, 2.24) is 4.31 Å². The quantitative estimate of drug-likeness (QED) is 0.851.